The molecule has 0 unspecified atom stereocenters. The maximum atomic E-state index is 10.5. The fourth-order valence-electron chi connectivity index (χ4n) is 1.72. The van der Waals surface area contributed by atoms with Crippen LogP contribution in [0.25, 0.3) is 6.08 Å². The number of aliphatic hydroxyl groups excluding tert-OH is 1. The van der Waals surface area contributed by atoms with Gasteiger partial charge in [-0.2, -0.15) is 0 Å². The van der Waals surface area contributed by atoms with Crippen LogP contribution in [0.5, 0.6) is 0 Å². The molecule has 0 aliphatic carbocycles. The maximum Gasteiger partial charge on any atom is 0.328 e. The molecule has 2 N–H and O–H groups in total. The zero-order valence-corrected chi connectivity index (χ0v) is 11.3. The molecule has 0 aromatic carbocycles. The minimum atomic E-state index is -0.937. The maximum absolute atomic E-state index is 10.5. The van der Waals surface area contributed by atoms with E-state index in [0.717, 1.165) is 36.0 Å². The zero-order chi connectivity index (χ0) is 13.4. The normalized spacial score (nSPS) is 11.5. The SMILES string of the molecule is CCCN(CCO)Cc1sccc1/C=C/C(=O)O. The smallest absolute Gasteiger partial charge is 0.328 e. The lowest BCUT2D eigenvalue weighted by Gasteiger charge is -2.20. The van der Waals surface area contributed by atoms with Gasteiger partial charge in [-0.15, -0.1) is 11.3 Å². The van der Waals surface area contributed by atoms with Gasteiger partial charge in [0, 0.05) is 24.0 Å². The summed E-state index contributed by atoms with van der Waals surface area (Å²) >= 11 is 1.61. The van der Waals surface area contributed by atoms with Crippen molar-refractivity contribution >= 4 is 23.4 Å². The van der Waals surface area contributed by atoms with Crippen LogP contribution in [-0.2, 0) is 11.3 Å². The first-order valence-corrected chi connectivity index (χ1v) is 6.86. The van der Waals surface area contributed by atoms with Gasteiger partial charge in [0.1, 0.15) is 0 Å². The highest BCUT2D eigenvalue weighted by molar-refractivity contribution is 7.10. The molecule has 0 saturated carbocycles. The largest absolute Gasteiger partial charge is 0.478 e. The molecule has 0 bridgehead atoms. The molecule has 5 heteroatoms. The highest BCUT2D eigenvalue weighted by Crippen LogP contribution is 2.20. The highest BCUT2D eigenvalue weighted by atomic mass is 32.1. The van der Waals surface area contributed by atoms with Gasteiger partial charge in [0.15, 0.2) is 0 Å². The monoisotopic (exact) mass is 269 g/mol. The molecule has 100 valence electrons. The summed E-state index contributed by atoms with van der Waals surface area (Å²) in [5.41, 5.74) is 0.946. The quantitative estimate of drug-likeness (QED) is 0.709. The minimum Gasteiger partial charge on any atom is -0.478 e. The zero-order valence-electron chi connectivity index (χ0n) is 10.5. The van der Waals surface area contributed by atoms with Gasteiger partial charge in [-0.05, 0) is 36.1 Å². The molecule has 0 spiro atoms. The van der Waals surface area contributed by atoms with E-state index in [1.807, 2.05) is 11.4 Å². The van der Waals surface area contributed by atoms with Crippen molar-refractivity contribution < 1.29 is 15.0 Å². The van der Waals surface area contributed by atoms with E-state index < -0.39 is 5.97 Å². The number of thiophene rings is 1. The lowest BCUT2D eigenvalue weighted by atomic mass is 10.2. The summed E-state index contributed by atoms with van der Waals surface area (Å²) in [6, 6.07) is 1.92. The Bertz CT molecular complexity index is 395. The Balaban J connectivity index is 2.70. The number of hydrogen-bond acceptors (Lipinski definition) is 4. The number of nitrogens with zero attached hydrogens (tertiary/aromatic N) is 1. The van der Waals surface area contributed by atoms with Crippen molar-refractivity contribution in [3.05, 3.63) is 28.0 Å². The molecular weight excluding hydrogens is 250 g/mol. The molecule has 0 saturated heterocycles. The fraction of sp³-hybridized carbons (Fsp3) is 0.462. The van der Waals surface area contributed by atoms with Gasteiger partial charge in [0.2, 0.25) is 0 Å². The van der Waals surface area contributed by atoms with Crippen LogP contribution in [0.3, 0.4) is 0 Å². The second kappa shape index (κ2) is 8.02. The topological polar surface area (TPSA) is 60.8 Å². The van der Waals surface area contributed by atoms with Gasteiger partial charge >= 0.3 is 5.97 Å². The van der Waals surface area contributed by atoms with Crippen LogP contribution < -0.4 is 0 Å². The summed E-state index contributed by atoms with van der Waals surface area (Å²) in [5.74, 6) is -0.937. The van der Waals surface area contributed by atoms with E-state index in [4.69, 9.17) is 10.2 Å². The lowest BCUT2D eigenvalue weighted by molar-refractivity contribution is -0.131. The number of aliphatic hydroxyl groups is 1. The van der Waals surface area contributed by atoms with E-state index in [0.29, 0.717) is 6.54 Å². The Hall–Kier alpha value is -1.17. The number of carbonyl (C=O) groups is 1. The standard InChI is InChI=1S/C13H19NO3S/c1-2-6-14(7-8-15)10-12-11(5-9-18-12)3-4-13(16)17/h3-5,9,15H,2,6-8,10H2,1H3,(H,16,17)/b4-3+. The molecule has 0 atom stereocenters. The van der Waals surface area contributed by atoms with Crippen LogP contribution in [0.2, 0.25) is 0 Å². The molecule has 1 rings (SSSR count). The Morgan fingerprint density at radius 1 is 1.50 bits per heavy atom. The molecule has 0 amide bonds. The van der Waals surface area contributed by atoms with Crippen LogP contribution >= 0.6 is 11.3 Å². The van der Waals surface area contributed by atoms with Crippen LogP contribution in [0, 0.1) is 0 Å². The molecule has 0 radical (unpaired) electrons. The molecule has 18 heavy (non-hydrogen) atoms. The van der Waals surface area contributed by atoms with Crippen molar-refractivity contribution in [1.82, 2.24) is 4.90 Å². The Kier molecular flexibility index (Phi) is 6.64. The van der Waals surface area contributed by atoms with Crippen molar-refractivity contribution in [3.8, 4) is 0 Å². The van der Waals surface area contributed by atoms with Gasteiger partial charge in [-0.1, -0.05) is 6.92 Å². The number of rotatable bonds is 8. The van der Waals surface area contributed by atoms with E-state index in [2.05, 4.69) is 11.8 Å². The third kappa shape index (κ3) is 5.00. The summed E-state index contributed by atoms with van der Waals surface area (Å²) < 4.78 is 0. The predicted octanol–water partition coefficient (Wildman–Crippen LogP) is 2.05. The van der Waals surface area contributed by atoms with Crippen LogP contribution in [-0.4, -0.2) is 40.8 Å². The van der Waals surface area contributed by atoms with Crippen molar-refractivity contribution in [3.63, 3.8) is 0 Å². The summed E-state index contributed by atoms with van der Waals surface area (Å²) in [5, 5.41) is 19.6. The van der Waals surface area contributed by atoms with Crippen molar-refractivity contribution in [1.29, 1.82) is 0 Å². The van der Waals surface area contributed by atoms with Crippen molar-refractivity contribution in [2.75, 3.05) is 19.7 Å². The lowest BCUT2D eigenvalue weighted by Crippen LogP contribution is -2.27. The summed E-state index contributed by atoms with van der Waals surface area (Å²) in [7, 11) is 0. The van der Waals surface area contributed by atoms with Gasteiger partial charge in [0.05, 0.1) is 6.61 Å². The van der Waals surface area contributed by atoms with Crippen LogP contribution in [0.15, 0.2) is 17.5 Å². The first-order chi connectivity index (χ1) is 8.67. The minimum absolute atomic E-state index is 0.145. The highest BCUT2D eigenvalue weighted by Gasteiger charge is 2.08. The Morgan fingerprint density at radius 3 is 2.89 bits per heavy atom. The fourth-order valence-corrected chi connectivity index (χ4v) is 2.63. The average molecular weight is 269 g/mol. The number of hydrogen-bond donors (Lipinski definition) is 2. The summed E-state index contributed by atoms with van der Waals surface area (Å²) in [4.78, 5) is 13.8. The molecule has 1 aromatic heterocycles. The number of aliphatic carboxylic acids is 1. The van der Waals surface area contributed by atoms with Gasteiger partial charge in [-0.25, -0.2) is 4.79 Å². The van der Waals surface area contributed by atoms with Crippen LogP contribution in [0.4, 0.5) is 0 Å². The summed E-state index contributed by atoms with van der Waals surface area (Å²) in [6.07, 6.45) is 3.81. The second-order valence-electron chi connectivity index (χ2n) is 3.97. The molecule has 4 nitrogen and oxygen atoms in total. The Morgan fingerprint density at radius 2 is 2.28 bits per heavy atom. The molecule has 1 heterocycles. The summed E-state index contributed by atoms with van der Waals surface area (Å²) in [6.45, 7) is 4.58. The predicted molar refractivity (Wildman–Crippen MR) is 73.6 cm³/mol. The van der Waals surface area contributed by atoms with Gasteiger partial charge in [0.25, 0.3) is 0 Å². The van der Waals surface area contributed by atoms with E-state index in [-0.39, 0.29) is 6.61 Å². The first-order valence-electron chi connectivity index (χ1n) is 5.98. The molecule has 0 aliphatic heterocycles. The van der Waals surface area contributed by atoms with Crippen LogP contribution in [0.1, 0.15) is 23.8 Å². The molecular formula is C13H19NO3S. The molecule has 1 aromatic rings. The van der Waals surface area contributed by atoms with Gasteiger partial charge in [-0.3, -0.25) is 4.90 Å². The second-order valence-corrected chi connectivity index (χ2v) is 4.97. The number of carboxylic acids is 1. The average Bonchev–Trinajstić information content (AvgIpc) is 2.74. The van der Waals surface area contributed by atoms with E-state index in [9.17, 15) is 4.79 Å². The van der Waals surface area contributed by atoms with E-state index >= 15 is 0 Å². The van der Waals surface area contributed by atoms with Crippen molar-refractivity contribution in [2.45, 2.75) is 19.9 Å². The third-order valence-corrected chi connectivity index (χ3v) is 3.43. The molecule has 0 fully saturated rings. The first kappa shape index (κ1) is 14.9. The Labute approximate surface area is 111 Å². The van der Waals surface area contributed by atoms with E-state index in [1.165, 1.54) is 0 Å². The molecule has 0 aliphatic rings. The number of carboxylic acid groups (broad SMARTS) is 1. The van der Waals surface area contributed by atoms with Gasteiger partial charge < -0.3 is 10.2 Å². The third-order valence-electron chi connectivity index (χ3n) is 2.51. The van der Waals surface area contributed by atoms with E-state index in [1.54, 1.807) is 17.4 Å². The van der Waals surface area contributed by atoms with Crippen molar-refractivity contribution in [2.24, 2.45) is 0 Å².